The SMILES string of the molecule is Cc1ccc2nc(SCc3ccc(C(N)=O)cc3[N+](=O)[O-])[nH]c2c1. The number of nitrogens with zero attached hydrogens (tertiary/aromatic N) is 2. The minimum atomic E-state index is -0.690. The molecule has 7 nitrogen and oxygen atoms in total. The van der Waals surface area contributed by atoms with Crippen LogP contribution in [0.1, 0.15) is 21.5 Å². The first-order chi connectivity index (χ1) is 11.4. The summed E-state index contributed by atoms with van der Waals surface area (Å²) in [6.45, 7) is 2.00. The number of nitro benzene ring substituents is 1. The molecule has 0 aliphatic rings. The number of H-pyrrole nitrogens is 1. The van der Waals surface area contributed by atoms with E-state index in [1.165, 1.54) is 23.9 Å². The van der Waals surface area contributed by atoms with Crippen molar-refractivity contribution in [2.24, 2.45) is 5.73 Å². The minimum absolute atomic E-state index is 0.120. The number of thioether (sulfide) groups is 1. The quantitative estimate of drug-likeness (QED) is 0.420. The smallest absolute Gasteiger partial charge is 0.274 e. The van der Waals surface area contributed by atoms with E-state index in [1.54, 1.807) is 6.07 Å². The number of hydrogen-bond acceptors (Lipinski definition) is 5. The second kappa shape index (κ2) is 6.32. The molecular weight excluding hydrogens is 328 g/mol. The Morgan fingerprint density at radius 1 is 1.33 bits per heavy atom. The van der Waals surface area contributed by atoms with Gasteiger partial charge in [0.2, 0.25) is 5.91 Å². The van der Waals surface area contributed by atoms with E-state index >= 15 is 0 Å². The summed E-state index contributed by atoms with van der Waals surface area (Å²) in [5, 5.41) is 11.9. The highest BCUT2D eigenvalue weighted by atomic mass is 32.2. The second-order valence-corrected chi connectivity index (χ2v) is 6.28. The molecule has 8 heteroatoms. The van der Waals surface area contributed by atoms with Gasteiger partial charge in [-0.15, -0.1) is 0 Å². The van der Waals surface area contributed by atoms with E-state index in [1.807, 2.05) is 25.1 Å². The Balaban J connectivity index is 1.84. The van der Waals surface area contributed by atoms with Gasteiger partial charge in [0.25, 0.3) is 5.69 Å². The lowest BCUT2D eigenvalue weighted by Gasteiger charge is -2.03. The van der Waals surface area contributed by atoms with E-state index in [9.17, 15) is 14.9 Å². The molecule has 0 spiro atoms. The number of aromatic nitrogens is 2. The van der Waals surface area contributed by atoms with Crippen LogP contribution in [0.15, 0.2) is 41.6 Å². The lowest BCUT2D eigenvalue weighted by molar-refractivity contribution is -0.385. The van der Waals surface area contributed by atoms with E-state index in [4.69, 9.17) is 5.73 Å². The first-order valence-corrected chi connectivity index (χ1v) is 8.09. The highest BCUT2D eigenvalue weighted by molar-refractivity contribution is 7.98. The highest BCUT2D eigenvalue weighted by Gasteiger charge is 2.17. The Morgan fingerprint density at radius 3 is 2.83 bits per heavy atom. The third-order valence-corrected chi connectivity index (χ3v) is 4.47. The van der Waals surface area contributed by atoms with Crippen molar-refractivity contribution >= 4 is 34.4 Å². The van der Waals surface area contributed by atoms with E-state index in [-0.39, 0.29) is 11.3 Å². The predicted octanol–water partition coefficient (Wildman–Crippen LogP) is 3.17. The van der Waals surface area contributed by atoms with E-state index in [2.05, 4.69) is 9.97 Å². The zero-order chi connectivity index (χ0) is 17.3. The number of imidazole rings is 1. The molecule has 122 valence electrons. The van der Waals surface area contributed by atoms with Gasteiger partial charge in [0, 0.05) is 22.9 Å². The van der Waals surface area contributed by atoms with Crippen LogP contribution in [-0.2, 0) is 5.75 Å². The molecular formula is C16H14N4O3S. The predicted molar refractivity (Wildman–Crippen MR) is 92.0 cm³/mol. The molecule has 0 saturated carbocycles. The van der Waals surface area contributed by atoms with Crippen molar-refractivity contribution in [2.45, 2.75) is 17.8 Å². The first-order valence-electron chi connectivity index (χ1n) is 7.10. The summed E-state index contributed by atoms with van der Waals surface area (Å²) in [6.07, 6.45) is 0. The molecule has 0 fully saturated rings. The molecule has 24 heavy (non-hydrogen) atoms. The van der Waals surface area contributed by atoms with Crippen LogP contribution < -0.4 is 5.73 Å². The van der Waals surface area contributed by atoms with Gasteiger partial charge in [0.1, 0.15) is 0 Å². The number of hydrogen-bond donors (Lipinski definition) is 2. The fourth-order valence-corrected chi connectivity index (χ4v) is 3.21. The number of fused-ring (bicyclic) bond motifs is 1. The Labute approximate surface area is 141 Å². The second-order valence-electron chi connectivity index (χ2n) is 5.32. The Morgan fingerprint density at radius 2 is 2.12 bits per heavy atom. The zero-order valence-electron chi connectivity index (χ0n) is 12.8. The number of nitrogens with two attached hydrogens (primary N) is 1. The molecule has 0 bridgehead atoms. The molecule has 1 heterocycles. The lowest BCUT2D eigenvalue weighted by Crippen LogP contribution is -2.11. The van der Waals surface area contributed by atoms with Gasteiger partial charge in [0.15, 0.2) is 5.16 Å². The molecule has 1 aromatic heterocycles. The summed E-state index contributed by atoms with van der Waals surface area (Å²) < 4.78 is 0. The van der Waals surface area contributed by atoms with Crippen LogP contribution >= 0.6 is 11.8 Å². The van der Waals surface area contributed by atoms with Crippen LogP contribution in [0.2, 0.25) is 0 Å². The van der Waals surface area contributed by atoms with Gasteiger partial charge in [0.05, 0.1) is 16.0 Å². The molecule has 0 aliphatic heterocycles. The van der Waals surface area contributed by atoms with Gasteiger partial charge < -0.3 is 10.7 Å². The molecule has 1 amide bonds. The van der Waals surface area contributed by atoms with Crippen molar-refractivity contribution in [1.82, 2.24) is 9.97 Å². The Hall–Kier alpha value is -2.87. The number of carbonyl (C=O) groups excluding carboxylic acids is 1. The van der Waals surface area contributed by atoms with Crippen molar-refractivity contribution in [2.75, 3.05) is 0 Å². The van der Waals surface area contributed by atoms with Crippen molar-refractivity contribution in [3.8, 4) is 0 Å². The maximum absolute atomic E-state index is 11.2. The van der Waals surface area contributed by atoms with Crippen LogP contribution in [0.3, 0.4) is 0 Å². The van der Waals surface area contributed by atoms with E-state index in [0.29, 0.717) is 16.5 Å². The maximum Gasteiger partial charge on any atom is 0.274 e. The lowest BCUT2D eigenvalue weighted by atomic mass is 10.1. The molecule has 0 saturated heterocycles. The molecule has 3 rings (SSSR count). The Bertz CT molecular complexity index is 952. The van der Waals surface area contributed by atoms with E-state index in [0.717, 1.165) is 16.6 Å². The first kappa shape index (κ1) is 16.0. The highest BCUT2D eigenvalue weighted by Crippen LogP contribution is 2.28. The third kappa shape index (κ3) is 3.23. The summed E-state index contributed by atoms with van der Waals surface area (Å²) in [7, 11) is 0. The number of primary amides is 1. The zero-order valence-corrected chi connectivity index (χ0v) is 13.6. The summed E-state index contributed by atoms with van der Waals surface area (Å²) in [4.78, 5) is 29.5. The standard InChI is InChI=1S/C16H14N4O3S/c1-9-2-5-12-13(6-9)19-16(18-12)24-8-11-4-3-10(15(17)21)7-14(11)20(22)23/h2-7H,8H2,1H3,(H2,17,21)(H,18,19). The van der Waals surface area contributed by atoms with Crippen LogP contribution in [0.5, 0.6) is 0 Å². The minimum Gasteiger partial charge on any atom is -0.366 e. The normalized spacial score (nSPS) is 10.9. The van der Waals surface area contributed by atoms with Crippen LogP contribution in [0.4, 0.5) is 5.69 Å². The average molecular weight is 342 g/mol. The summed E-state index contributed by atoms with van der Waals surface area (Å²) >= 11 is 1.36. The molecule has 0 radical (unpaired) electrons. The number of nitro groups is 1. The van der Waals surface area contributed by atoms with Crippen LogP contribution in [0.25, 0.3) is 11.0 Å². The van der Waals surface area contributed by atoms with Crippen LogP contribution in [-0.4, -0.2) is 20.8 Å². The van der Waals surface area contributed by atoms with E-state index < -0.39 is 10.8 Å². The fraction of sp³-hybridized carbons (Fsp3) is 0.125. The largest absolute Gasteiger partial charge is 0.366 e. The topological polar surface area (TPSA) is 115 Å². The number of carbonyl (C=O) groups is 1. The number of aromatic amines is 1. The van der Waals surface area contributed by atoms with Gasteiger partial charge in [-0.25, -0.2) is 4.98 Å². The molecule has 2 aromatic carbocycles. The number of nitrogens with one attached hydrogen (secondary N) is 1. The Kier molecular flexibility index (Phi) is 4.22. The third-order valence-electron chi connectivity index (χ3n) is 3.55. The van der Waals surface area contributed by atoms with Crippen molar-refractivity contribution < 1.29 is 9.72 Å². The summed E-state index contributed by atoms with van der Waals surface area (Å²) in [6, 6.07) is 10.2. The molecule has 3 aromatic rings. The van der Waals surface area contributed by atoms with Crippen LogP contribution in [0, 0.1) is 17.0 Å². The summed E-state index contributed by atoms with van der Waals surface area (Å²) in [5.74, 6) is -0.335. The summed E-state index contributed by atoms with van der Waals surface area (Å²) in [5.41, 5.74) is 8.58. The number of rotatable bonds is 5. The molecule has 0 aliphatic carbocycles. The maximum atomic E-state index is 11.2. The fourth-order valence-electron chi connectivity index (χ4n) is 2.32. The van der Waals surface area contributed by atoms with Crippen molar-refractivity contribution in [3.63, 3.8) is 0 Å². The number of benzene rings is 2. The van der Waals surface area contributed by atoms with Crippen molar-refractivity contribution in [1.29, 1.82) is 0 Å². The van der Waals surface area contributed by atoms with Gasteiger partial charge in [-0.05, 0) is 30.7 Å². The molecule has 0 unspecified atom stereocenters. The molecule has 0 atom stereocenters. The average Bonchev–Trinajstić information content (AvgIpc) is 2.94. The number of aryl methyl sites for hydroxylation is 1. The number of amides is 1. The molecule has 3 N–H and O–H groups in total. The van der Waals surface area contributed by atoms with Gasteiger partial charge >= 0.3 is 0 Å². The van der Waals surface area contributed by atoms with Gasteiger partial charge in [-0.1, -0.05) is 23.9 Å². The van der Waals surface area contributed by atoms with Gasteiger partial charge in [-0.3, -0.25) is 14.9 Å². The monoisotopic (exact) mass is 342 g/mol. The van der Waals surface area contributed by atoms with Crippen molar-refractivity contribution in [3.05, 3.63) is 63.2 Å². The van der Waals surface area contributed by atoms with Gasteiger partial charge in [-0.2, -0.15) is 0 Å².